The molecule has 4 rings (SSSR count). The van der Waals surface area contributed by atoms with Crippen molar-refractivity contribution < 1.29 is 28.7 Å². The van der Waals surface area contributed by atoms with Gasteiger partial charge < -0.3 is 19.7 Å². The fraction of sp³-hybridized carbons (Fsp3) is 0.524. The van der Waals surface area contributed by atoms with Gasteiger partial charge in [0, 0.05) is 25.1 Å². The number of esters is 1. The lowest BCUT2D eigenvalue weighted by Crippen LogP contribution is -2.48. The topological polar surface area (TPSA) is 105 Å². The molecule has 1 spiro atoms. The average Bonchev–Trinajstić information content (AvgIpc) is 2.97. The van der Waals surface area contributed by atoms with Gasteiger partial charge in [-0.1, -0.05) is 25.1 Å². The molecule has 3 heterocycles. The molecule has 9 heteroatoms. The van der Waals surface area contributed by atoms with E-state index in [-0.39, 0.29) is 18.9 Å². The number of carbonyl (C=O) groups excluding carboxylic acids is 4. The van der Waals surface area contributed by atoms with Gasteiger partial charge in [-0.15, -0.1) is 0 Å². The Balaban J connectivity index is 1.38. The third-order valence-electron chi connectivity index (χ3n) is 5.91. The molecule has 3 aliphatic heterocycles. The van der Waals surface area contributed by atoms with E-state index in [1.807, 2.05) is 0 Å². The quantitative estimate of drug-likeness (QED) is 0.581. The van der Waals surface area contributed by atoms with Gasteiger partial charge in [-0.05, 0) is 24.8 Å². The van der Waals surface area contributed by atoms with E-state index in [0.29, 0.717) is 30.3 Å². The molecule has 1 aromatic rings. The number of benzene rings is 1. The van der Waals surface area contributed by atoms with E-state index in [0.717, 1.165) is 17.7 Å². The van der Waals surface area contributed by atoms with Crippen LogP contribution < -0.4 is 10.1 Å². The third kappa shape index (κ3) is 3.59. The van der Waals surface area contributed by atoms with Crippen LogP contribution in [0.2, 0.25) is 0 Å². The molecule has 0 bridgehead atoms. The number of para-hydroxylation sites is 1. The molecule has 3 aliphatic rings. The van der Waals surface area contributed by atoms with Crippen molar-refractivity contribution in [3.8, 4) is 5.75 Å². The number of piperidine rings is 1. The molecule has 0 aromatic heterocycles. The standard InChI is InChI=1S/C21H25N3O6/c1-14-5-4-9-23(11-14)17(25)13-30-18(26)12-24-19(27)21(22-20(24)28)8-10-29-16-7-3-2-6-15(16)21/h2-3,6-7,14H,4-5,8-13H2,1H3,(H,22,28)/t14-,21-/m0/s1. The molecule has 0 unspecified atom stereocenters. The van der Waals surface area contributed by atoms with Crippen LogP contribution in [0.3, 0.4) is 0 Å². The van der Waals surface area contributed by atoms with E-state index in [4.69, 9.17) is 9.47 Å². The largest absolute Gasteiger partial charge is 0.493 e. The molecule has 1 N–H and O–H groups in total. The molecule has 2 saturated heterocycles. The van der Waals surface area contributed by atoms with Crippen LogP contribution in [0, 0.1) is 5.92 Å². The predicted molar refractivity (Wildman–Crippen MR) is 104 cm³/mol. The van der Waals surface area contributed by atoms with E-state index in [1.54, 1.807) is 29.2 Å². The molecule has 0 radical (unpaired) electrons. The molecule has 4 amide bonds. The minimum Gasteiger partial charge on any atom is -0.493 e. The Morgan fingerprint density at radius 2 is 2.10 bits per heavy atom. The maximum atomic E-state index is 13.1. The summed E-state index contributed by atoms with van der Waals surface area (Å²) in [4.78, 5) is 52.7. The number of nitrogens with one attached hydrogen (secondary N) is 1. The summed E-state index contributed by atoms with van der Waals surface area (Å²) >= 11 is 0. The van der Waals surface area contributed by atoms with E-state index in [1.165, 1.54) is 0 Å². The van der Waals surface area contributed by atoms with Gasteiger partial charge in [0.25, 0.3) is 11.8 Å². The lowest BCUT2D eigenvalue weighted by molar-refractivity contribution is -0.154. The van der Waals surface area contributed by atoms with Crippen LogP contribution in [0.1, 0.15) is 31.7 Å². The van der Waals surface area contributed by atoms with Gasteiger partial charge in [-0.25, -0.2) is 4.79 Å². The second-order valence-electron chi connectivity index (χ2n) is 8.07. The first kappa shape index (κ1) is 20.2. The number of likely N-dealkylation sites (tertiary alicyclic amines) is 1. The van der Waals surface area contributed by atoms with E-state index < -0.39 is 36.6 Å². The Morgan fingerprint density at radius 1 is 1.30 bits per heavy atom. The van der Waals surface area contributed by atoms with E-state index in [9.17, 15) is 19.2 Å². The highest BCUT2D eigenvalue weighted by molar-refractivity contribution is 6.09. The minimum absolute atomic E-state index is 0.262. The fourth-order valence-corrected chi connectivity index (χ4v) is 4.34. The molecule has 2 atom stereocenters. The molecule has 9 nitrogen and oxygen atoms in total. The summed E-state index contributed by atoms with van der Waals surface area (Å²) in [7, 11) is 0. The van der Waals surface area contributed by atoms with E-state index >= 15 is 0 Å². The van der Waals surface area contributed by atoms with Crippen LogP contribution in [0.4, 0.5) is 4.79 Å². The molecule has 1 aromatic carbocycles. The molecule has 0 saturated carbocycles. The van der Waals surface area contributed by atoms with Crippen molar-refractivity contribution >= 4 is 23.8 Å². The Kier molecular flexibility index (Phi) is 5.36. The second-order valence-corrected chi connectivity index (χ2v) is 8.07. The maximum absolute atomic E-state index is 13.1. The number of hydrogen-bond acceptors (Lipinski definition) is 6. The number of nitrogens with zero attached hydrogens (tertiary/aromatic N) is 2. The van der Waals surface area contributed by atoms with Crippen LogP contribution >= 0.6 is 0 Å². The summed E-state index contributed by atoms with van der Waals surface area (Å²) in [5, 5.41) is 2.73. The number of carbonyl (C=O) groups is 4. The van der Waals surface area contributed by atoms with Crippen LogP contribution in [0.25, 0.3) is 0 Å². The monoisotopic (exact) mass is 415 g/mol. The second kappa shape index (κ2) is 7.97. The minimum atomic E-state index is -1.24. The third-order valence-corrected chi connectivity index (χ3v) is 5.91. The number of hydrogen-bond donors (Lipinski definition) is 1. The highest BCUT2D eigenvalue weighted by Crippen LogP contribution is 2.40. The molecular formula is C21H25N3O6. The maximum Gasteiger partial charge on any atom is 0.326 e. The summed E-state index contributed by atoms with van der Waals surface area (Å²) in [6.45, 7) is 2.71. The Hall–Kier alpha value is -3.10. The Morgan fingerprint density at radius 3 is 2.90 bits per heavy atom. The number of urea groups is 1. The normalized spacial score (nSPS) is 25.6. The van der Waals surface area contributed by atoms with E-state index in [2.05, 4.69) is 12.2 Å². The van der Waals surface area contributed by atoms with Gasteiger partial charge in [-0.3, -0.25) is 19.3 Å². The van der Waals surface area contributed by atoms with Crippen LogP contribution in [-0.2, 0) is 24.7 Å². The number of imide groups is 1. The first-order valence-corrected chi connectivity index (χ1v) is 10.2. The summed E-state index contributed by atoms with van der Waals surface area (Å²) in [5.41, 5.74) is -0.675. The highest BCUT2D eigenvalue weighted by Gasteiger charge is 2.55. The van der Waals surface area contributed by atoms with Crippen LogP contribution in [0.5, 0.6) is 5.75 Å². The van der Waals surface area contributed by atoms with Crippen molar-refractivity contribution in [2.24, 2.45) is 5.92 Å². The van der Waals surface area contributed by atoms with Gasteiger partial charge in [0.2, 0.25) is 0 Å². The Bertz CT molecular complexity index is 887. The summed E-state index contributed by atoms with van der Waals surface area (Å²) in [6.07, 6.45) is 2.27. The van der Waals surface area contributed by atoms with Gasteiger partial charge in [0.15, 0.2) is 12.1 Å². The average molecular weight is 415 g/mol. The van der Waals surface area contributed by atoms with Gasteiger partial charge in [0.1, 0.15) is 12.3 Å². The number of fused-ring (bicyclic) bond motifs is 2. The van der Waals surface area contributed by atoms with Crippen molar-refractivity contribution in [3.63, 3.8) is 0 Å². The van der Waals surface area contributed by atoms with Gasteiger partial charge >= 0.3 is 12.0 Å². The fourth-order valence-electron chi connectivity index (χ4n) is 4.34. The molecule has 160 valence electrons. The lowest BCUT2D eigenvalue weighted by atomic mass is 9.84. The molecule has 0 aliphatic carbocycles. The van der Waals surface area contributed by atoms with Crippen LogP contribution in [-0.4, -0.2) is 66.5 Å². The molecule has 30 heavy (non-hydrogen) atoms. The number of rotatable bonds is 4. The zero-order valence-electron chi connectivity index (χ0n) is 16.9. The zero-order valence-corrected chi connectivity index (χ0v) is 16.9. The SMILES string of the molecule is C[C@H]1CCCN(C(=O)COC(=O)CN2C(=O)N[C@]3(CCOc4ccccc43)C2=O)C1. The van der Waals surface area contributed by atoms with Crippen molar-refractivity contribution in [3.05, 3.63) is 29.8 Å². The van der Waals surface area contributed by atoms with Crippen molar-refractivity contribution in [2.75, 3.05) is 32.8 Å². The highest BCUT2D eigenvalue weighted by atomic mass is 16.5. The van der Waals surface area contributed by atoms with Gasteiger partial charge in [-0.2, -0.15) is 0 Å². The summed E-state index contributed by atoms with van der Waals surface area (Å²) in [5.74, 6) is -0.626. The number of ether oxygens (including phenoxy) is 2. The Labute approximate surface area is 174 Å². The van der Waals surface area contributed by atoms with Crippen molar-refractivity contribution in [2.45, 2.75) is 31.7 Å². The predicted octanol–water partition coefficient (Wildman–Crippen LogP) is 1.02. The molecular weight excluding hydrogens is 390 g/mol. The summed E-state index contributed by atoms with van der Waals surface area (Å²) < 4.78 is 10.7. The lowest BCUT2D eigenvalue weighted by Gasteiger charge is -2.33. The van der Waals surface area contributed by atoms with Crippen LogP contribution in [0.15, 0.2) is 24.3 Å². The number of amides is 4. The smallest absolute Gasteiger partial charge is 0.326 e. The first-order valence-electron chi connectivity index (χ1n) is 10.2. The molecule has 2 fully saturated rings. The van der Waals surface area contributed by atoms with Crippen molar-refractivity contribution in [1.29, 1.82) is 0 Å². The van der Waals surface area contributed by atoms with Crippen molar-refractivity contribution in [1.82, 2.24) is 15.1 Å². The van der Waals surface area contributed by atoms with Gasteiger partial charge in [0.05, 0.1) is 6.61 Å². The zero-order chi connectivity index (χ0) is 21.3. The first-order chi connectivity index (χ1) is 14.4. The summed E-state index contributed by atoms with van der Waals surface area (Å²) in [6, 6.07) is 6.35.